The van der Waals surface area contributed by atoms with Gasteiger partial charge in [-0.05, 0) is 18.2 Å². The highest BCUT2D eigenvalue weighted by Gasteiger charge is 2.08. The highest BCUT2D eigenvalue weighted by molar-refractivity contribution is 9.10. The lowest BCUT2D eigenvalue weighted by Crippen LogP contribution is -2.01. The predicted molar refractivity (Wildman–Crippen MR) is 42.4 cm³/mol. The van der Waals surface area contributed by atoms with E-state index in [9.17, 15) is 8.78 Å². The van der Waals surface area contributed by atoms with Crippen LogP contribution in [0.3, 0.4) is 0 Å². The fourth-order valence-corrected chi connectivity index (χ4v) is 1.04. The van der Waals surface area contributed by atoms with Crippen LogP contribution < -0.4 is 4.74 Å². The molecule has 0 aliphatic rings. The topological polar surface area (TPSA) is 29.5 Å². The van der Waals surface area contributed by atoms with Crippen LogP contribution in [0.25, 0.3) is 0 Å². The minimum absolute atomic E-state index is 0.229. The van der Waals surface area contributed by atoms with E-state index >= 15 is 0 Å². The van der Waals surface area contributed by atoms with Crippen molar-refractivity contribution in [2.24, 2.45) is 0 Å². The highest BCUT2D eigenvalue weighted by atomic mass is 79.9. The first-order valence-electron chi connectivity index (χ1n) is 3.03. The Morgan fingerprint density at radius 2 is 2.08 bits per heavy atom. The summed E-state index contributed by atoms with van der Waals surface area (Å²) in [7, 11) is 0. The average molecular weight is 239 g/mol. The molecule has 0 amide bonds. The summed E-state index contributed by atoms with van der Waals surface area (Å²) in [6.45, 7) is -2.92. The molecular formula is C7H5BrF2O2. The number of aromatic hydroxyl groups is 1. The minimum Gasteiger partial charge on any atom is -0.504 e. The maximum atomic E-state index is 11.7. The summed E-state index contributed by atoms with van der Waals surface area (Å²) in [6, 6.07) is 4.03. The maximum Gasteiger partial charge on any atom is 0.387 e. The zero-order valence-corrected chi connectivity index (χ0v) is 7.38. The van der Waals surface area contributed by atoms with Crippen LogP contribution in [0.4, 0.5) is 8.78 Å². The van der Waals surface area contributed by atoms with Crippen molar-refractivity contribution in [1.29, 1.82) is 0 Å². The smallest absolute Gasteiger partial charge is 0.387 e. The van der Waals surface area contributed by atoms with Gasteiger partial charge in [0.05, 0.1) is 0 Å². The number of phenolic OH excluding ortho intramolecular Hbond substituents is 1. The monoisotopic (exact) mass is 238 g/mol. The van der Waals surface area contributed by atoms with Gasteiger partial charge in [-0.25, -0.2) is 0 Å². The first-order chi connectivity index (χ1) is 5.59. The van der Waals surface area contributed by atoms with Crippen LogP contribution in [0.15, 0.2) is 22.7 Å². The Morgan fingerprint density at radius 3 is 2.58 bits per heavy atom. The van der Waals surface area contributed by atoms with E-state index in [0.717, 1.165) is 0 Å². The van der Waals surface area contributed by atoms with Gasteiger partial charge in [0.25, 0.3) is 0 Å². The van der Waals surface area contributed by atoms with Gasteiger partial charge in [0, 0.05) is 4.47 Å². The lowest BCUT2D eigenvalue weighted by Gasteiger charge is -2.05. The Kier molecular flexibility index (Phi) is 2.86. The first-order valence-corrected chi connectivity index (χ1v) is 3.82. The van der Waals surface area contributed by atoms with Crippen molar-refractivity contribution in [2.75, 3.05) is 0 Å². The fourth-order valence-electron chi connectivity index (χ4n) is 0.686. The van der Waals surface area contributed by atoms with E-state index in [1.54, 1.807) is 0 Å². The summed E-state index contributed by atoms with van der Waals surface area (Å²) in [6.07, 6.45) is 0. The molecule has 1 N–H and O–H groups in total. The van der Waals surface area contributed by atoms with Gasteiger partial charge < -0.3 is 9.84 Å². The number of halogens is 3. The van der Waals surface area contributed by atoms with Gasteiger partial charge in [-0.15, -0.1) is 0 Å². The summed E-state index contributed by atoms with van der Waals surface area (Å²) >= 11 is 3.06. The molecule has 1 aromatic carbocycles. The third-order valence-electron chi connectivity index (χ3n) is 1.14. The fraction of sp³-hybridized carbons (Fsp3) is 0.143. The molecule has 0 saturated heterocycles. The van der Waals surface area contributed by atoms with E-state index in [1.807, 2.05) is 0 Å². The Bertz CT molecular complexity index is 278. The molecule has 66 valence electrons. The third kappa shape index (κ3) is 2.34. The average Bonchev–Trinajstić information content (AvgIpc) is 1.94. The molecule has 0 bridgehead atoms. The summed E-state index contributed by atoms with van der Waals surface area (Å²) < 4.78 is 27.9. The summed E-state index contributed by atoms with van der Waals surface area (Å²) in [4.78, 5) is 0. The number of hydrogen-bond donors (Lipinski definition) is 1. The molecule has 0 saturated carbocycles. The van der Waals surface area contributed by atoms with Crippen LogP contribution in [-0.2, 0) is 0 Å². The molecule has 5 heteroatoms. The predicted octanol–water partition coefficient (Wildman–Crippen LogP) is 2.76. The second kappa shape index (κ2) is 3.71. The van der Waals surface area contributed by atoms with Crippen molar-refractivity contribution in [3.05, 3.63) is 22.7 Å². The molecule has 0 spiro atoms. The van der Waals surface area contributed by atoms with Crippen molar-refractivity contribution >= 4 is 15.9 Å². The van der Waals surface area contributed by atoms with Crippen LogP contribution in [0.2, 0.25) is 0 Å². The van der Waals surface area contributed by atoms with E-state index in [-0.39, 0.29) is 11.5 Å². The van der Waals surface area contributed by atoms with E-state index in [0.29, 0.717) is 4.47 Å². The normalized spacial score (nSPS) is 10.3. The van der Waals surface area contributed by atoms with E-state index in [2.05, 4.69) is 20.7 Å². The maximum absolute atomic E-state index is 11.7. The number of alkyl halides is 2. The van der Waals surface area contributed by atoms with Crippen LogP contribution >= 0.6 is 15.9 Å². The molecule has 1 rings (SSSR count). The Labute approximate surface area is 75.9 Å². The summed E-state index contributed by atoms with van der Waals surface area (Å²) in [5.41, 5.74) is 0. The quantitative estimate of drug-likeness (QED) is 0.859. The molecule has 0 atom stereocenters. The molecule has 2 nitrogen and oxygen atoms in total. The van der Waals surface area contributed by atoms with Crippen molar-refractivity contribution in [2.45, 2.75) is 6.61 Å². The van der Waals surface area contributed by atoms with Gasteiger partial charge >= 0.3 is 6.61 Å². The highest BCUT2D eigenvalue weighted by Crippen LogP contribution is 2.29. The van der Waals surface area contributed by atoms with Crippen LogP contribution in [0.1, 0.15) is 0 Å². The van der Waals surface area contributed by atoms with Gasteiger partial charge in [0.1, 0.15) is 0 Å². The van der Waals surface area contributed by atoms with Crippen molar-refractivity contribution in [1.82, 2.24) is 0 Å². The molecule has 12 heavy (non-hydrogen) atoms. The second-order valence-electron chi connectivity index (χ2n) is 1.99. The molecule has 0 aliphatic carbocycles. The van der Waals surface area contributed by atoms with Crippen LogP contribution in [-0.4, -0.2) is 11.7 Å². The molecular weight excluding hydrogens is 234 g/mol. The largest absolute Gasteiger partial charge is 0.504 e. The molecule has 0 fully saturated rings. The summed E-state index contributed by atoms with van der Waals surface area (Å²) in [5.74, 6) is -0.544. The Morgan fingerprint density at radius 1 is 1.42 bits per heavy atom. The first kappa shape index (κ1) is 9.25. The Hall–Kier alpha value is -0.840. The SMILES string of the molecule is Oc1cc(Br)ccc1OC(F)F. The molecule has 0 radical (unpaired) electrons. The second-order valence-corrected chi connectivity index (χ2v) is 2.91. The molecule has 0 aliphatic heterocycles. The van der Waals surface area contributed by atoms with Gasteiger partial charge in [0.15, 0.2) is 11.5 Å². The number of phenols is 1. The van der Waals surface area contributed by atoms with Crippen LogP contribution in [0.5, 0.6) is 11.5 Å². The zero-order valence-electron chi connectivity index (χ0n) is 5.80. The lowest BCUT2D eigenvalue weighted by atomic mass is 10.3. The van der Waals surface area contributed by atoms with Gasteiger partial charge in [-0.1, -0.05) is 15.9 Å². The molecule has 1 aromatic rings. The molecule has 0 aromatic heterocycles. The van der Waals surface area contributed by atoms with Crippen LogP contribution in [0, 0.1) is 0 Å². The van der Waals surface area contributed by atoms with Crippen molar-refractivity contribution in [3.63, 3.8) is 0 Å². The zero-order chi connectivity index (χ0) is 9.14. The lowest BCUT2D eigenvalue weighted by molar-refractivity contribution is -0.0512. The van der Waals surface area contributed by atoms with Crippen molar-refractivity contribution in [3.8, 4) is 11.5 Å². The summed E-state index contributed by atoms with van der Waals surface area (Å²) in [5, 5.41) is 9.05. The number of ether oxygens (including phenoxy) is 1. The van der Waals surface area contributed by atoms with Gasteiger partial charge in [-0.2, -0.15) is 8.78 Å². The van der Waals surface area contributed by atoms with Gasteiger partial charge in [0.2, 0.25) is 0 Å². The molecule has 0 heterocycles. The molecule has 0 unspecified atom stereocenters. The number of rotatable bonds is 2. The van der Waals surface area contributed by atoms with Gasteiger partial charge in [-0.3, -0.25) is 0 Å². The minimum atomic E-state index is -2.92. The standard InChI is InChI=1S/C7H5BrF2O2/c8-4-1-2-6(5(11)3-4)12-7(9)10/h1-3,7,11H. The van der Waals surface area contributed by atoms with E-state index < -0.39 is 6.61 Å². The van der Waals surface area contributed by atoms with Crippen molar-refractivity contribution < 1.29 is 18.6 Å². The van der Waals surface area contributed by atoms with E-state index in [1.165, 1.54) is 18.2 Å². The third-order valence-corrected chi connectivity index (χ3v) is 1.63. The Balaban J connectivity index is 2.86. The van der Waals surface area contributed by atoms with E-state index in [4.69, 9.17) is 5.11 Å². The number of benzene rings is 1. The number of hydrogen-bond acceptors (Lipinski definition) is 2.